The number of H-pyrrole nitrogens is 1. The molecule has 1 fully saturated rings. The lowest BCUT2D eigenvalue weighted by Crippen LogP contribution is -2.17. The molecule has 0 bridgehead atoms. The fourth-order valence-electron chi connectivity index (χ4n) is 4.97. The van der Waals surface area contributed by atoms with Crippen LogP contribution in [0.5, 0.6) is 17.2 Å². The maximum Gasteiger partial charge on any atom is 0.252 e. The zero-order chi connectivity index (χ0) is 28.2. The summed E-state index contributed by atoms with van der Waals surface area (Å²) >= 11 is 0. The first-order chi connectivity index (χ1) is 19.4. The van der Waals surface area contributed by atoms with Gasteiger partial charge in [-0.05, 0) is 78.9 Å². The third-order valence-electron chi connectivity index (χ3n) is 7.37. The molecule has 4 N–H and O–H groups in total. The number of nitrogens with two attached hydrogens (primary N) is 1. The number of rotatable bonds is 13. The molecular formula is C31H36N4O5. The Morgan fingerprint density at radius 1 is 1.10 bits per heavy atom. The Kier molecular flexibility index (Phi) is 8.09. The number of hydrogen-bond donors (Lipinski definition) is 3. The van der Waals surface area contributed by atoms with Gasteiger partial charge in [-0.15, -0.1) is 0 Å². The zero-order valence-corrected chi connectivity index (χ0v) is 23.3. The number of primary amides is 1. The normalized spacial score (nSPS) is 13.0. The Balaban J connectivity index is 1.59. The lowest BCUT2D eigenvalue weighted by molar-refractivity contribution is -0.118. The summed E-state index contributed by atoms with van der Waals surface area (Å²) in [5.74, 6) is 2.94. The smallest absolute Gasteiger partial charge is 0.252 e. The van der Waals surface area contributed by atoms with Crippen molar-refractivity contribution >= 4 is 33.4 Å². The Morgan fingerprint density at radius 3 is 2.52 bits per heavy atom. The molecule has 9 heteroatoms. The molecule has 1 amide bonds. The van der Waals surface area contributed by atoms with Gasteiger partial charge in [0.1, 0.15) is 11.6 Å². The van der Waals surface area contributed by atoms with Crippen molar-refractivity contribution in [2.75, 3.05) is 32.7 Å². The van der Waals surface area contributed by atoms with Gasteiger partial charge in [0.2, 0.25) is 5.91 Å². The van der Waals surface area contributed by atoms with E-state index < -0.39 is 0 Å². The van der Waals surface area contributed by atoms with E-state index in [9.17, 15) is 9.59 Å². The highest BCUT2D eigenvalue weighted by atomic mass is 16.5. The molecule has 0 atom stereocenters. The highest BCUT2D eigenvalue weighted by Gasteiger charge is 2.22. The number of fused-ring (bicyclic) bond motifs is 2. The van der Waals surface area contributed by atoms with Gasteiger partial charge in [0.05, 0.1) is 26.3 Å². The number of carbonyl (C=O) groups is 1. The second-order valence-electron chi connectivity index (χ2n) is 10.3. The number of pyridine rings is 2. The van der Waals surface area contributed by atoms with Crippen LogP contribution in [0.25, 0.3) is 21.7 Å². The van der Waals surface area contributed by atoms with Gasteiger partial charge in [-0.25, -0.2) is 4.98 Å². The average molecular weight is 545 g/mol. The van der Waals surface area contributed by atoms with Gasteiger partial charge < -0.3 is 30.2 Å². The molecule has 9 nitrogen and oxygen atoms in total. The summed E-state index contributed by atoms with van der Waals surface area (Å²) in [4.78, 5) is 32.7. The fraction of sp³-hybridized carbons (Fsp3) is 0.387. The van der Waals surface area contributed by atoms with Crippen molar-refractivity contribution in [2.45, 2.75) is 45.4 Å². The third kappa shape index (κ3) is 5.98. The average Bonchev–Trinajstić information content (AvgIpc) is 3.79. The molecule has 210 valence electrons. The molecule has 4 aromatic rings. The van der Waals surface area contributed by atoms with Crippen LogP contribution in [-0.2, 0) is 17.6 Å². The van der Waals surface area contributed by atoms with E-state index in [1.165, 1.54) is 12.8 Å². The number of aryl methyl sites for hydroxylation is 1. The van der Waals surface area contributed by atoms with Crippen LogP contribution in [0.3, 0.4) is 0 Å². The SMILES string of the molecule is CCc1[nH]c(=O)c(Cc2cc3cc(OCC4CC4)ccc3nc2NCCCC(N)=O)c2cc(OC)c(OC)cc12. The van der Waals surface area contributed by atoms with E-state index in [-0.39, 0.29) is 17.9 Å². The van der Waals surface area contributed by atoms with Crippen LogP contribution in [0.1, 0.15) is 49.4 Å². The van der Waals surface area contributed by atoms with Crippen LogP contribution in [0, 0.1) is 5.92 Å². The van der Waals surface area contributed by atoms with E-state index in [2.05, 4.69) is 16.4 Å². The zero-order valence-electron chi connectivity index (χ0n) is 23.3. The summed E-state index contributed by atoms with van der Waals surface area (Å²) in [6.07, 6.45) is 4.30. The maximum absolute atomic E-state index is 13.5. The van der Waals surface area contributed by atoms with Gasteiger partial charge in [-0.2, -0.15) is 0 Å². The van der Waals surface area contributed by atoms with Gasteiger partial charge in [0.15, 0.2) is 11.5 Å². The second-order valence-corrected chi connectivity index (χ2v) is 10.3. The van der Waals surface area contributed by atoms with Crippen LogP contribution in [0.2, 0.25) is 0 Å². The molecule has 0 radical (unpaired) electrons. The molecule has 0 aliphatic heterocycles. The van der Waals surface area contributed by atoms with Crippen molar-refractivity contribution < 1.29 is 19.0 Å². The molecule has 40 heavy (non-hydrogen) atoms. The van der Waals surface area contributed by atoms with Gasteiger partial charge in [-0.3, -0.25) is 9.59 Å². The number of methoxy groups -OCH3 is 2. The van der Waals surface area contributed by atoms with Gasteiger partial charge in [-0.1, -0.05) is 6.92 Å². The second kappa shape index (κ2) is 11.9. The molecule has 2 aromatic heterocycles. The summed E-state index contributed by atoms with van der Waals surface area (Å²) < 4.78 is 17.1. The topological polar surface area (TPSA) is 129 Å². The van der Waals surface area contributed by atoms with Crippen molar-refractivity contribution in [3.05, 3.63) is 63.6 Å². The summed E-state index contributed by atoms with van der Waals surface area (Å²) in [6.45, 7) is 3.25. The molecule has 0 saturated heterocycles. The number of benzene rings is 2. The number of hydrogen-bond acceptors (Lipinski definition) is 7. The number of ether oxygens (including phenoxy) is 3. The van der Waals surface area contributed by atoms with Gasteiger partial charge >= 0.3 is 0 Å². The number of carbonyl (C=O) groups excluding carboxylic acids is 1. The fourth-order valence-corrected chi connectivity index (χ4v) is 4.97. The first-order valence-corrected chi connectivity index (χ1v) is 13.8. The van der Waals surface area contributed by atoms with Crippen molar-refractivity contribution in [1.29, 1.82) is 0 Å². The van der Waals surface area contributed by atoms with Crippen molar-refractivity contribution in [3.63, 3.8) is 0 Å². The number of aromatic amines is 1. The van der Waals surface area contributed by atoms with Crippen molar-refractivity contribution in [3.8, 4) is 17.2 Å². The van der Waals surface area contributed by atoms with Crippen LogP contribution >= 0.6 is 0 Å². The lowest BCUT2D eigenvalue weighted by atomic mass is 9.97. The van der Waals surface area contributed by atoms with Crippen LogP contribution < -0.4 is 30.8 Å². The van der Waals surface area contributed by atoms with E-state index in [1.807, 2.05) is 37.3 Å². The summed E-state index contributed by atoms with van der Waals surface area (Å²) in [7, 11) is 3.18. The molecule has 5 rings (SSSR count). The minimum absolute atomic E-state index is 0.155. The Hall–Kier alpha value is -4.27. The van der Waals surface area contributed by atoms with Crippen molar-refractivity contribution in [2.24, 2.45) is 11.7 Å². The first kappa shape index (κ1) is 27.3. The molecular weight excluding hydrogens is 508 g/mol. The number of nitrogens with one attached hydrogen (secondary N) is 2. The predicted octanol–water partition coefficient (Wildman–Crippen LogP) is 4.71. The third-order valence-corrected chi connectivity index (χ3v) is 7.37. The number of aromatic nitrogens is 2. The standard InChI is InChI=1S/C31H36N4O5/c1-4-25-23-16-28(39-3)27(38-2)15-22(23)24(31(37)35-25)14-20-12-19-13-21(40-17-18-7-8-18)9-10-26(19)34-30(20)33-11-5-6-29(32)36/h9-10,12-13,15-16,18H,4-8,11,14,17H2,1-3H3,(H2,32,36)(H,33,34)(H,35,37). The van der Waals surface area contributed by atoms with E-state index in [1.54, 1.807) is 14.2 Å². The van der Waals surface area contributed by atoms with Crippen molar-refractivity contribution in [1.82, 2.24) is 9.97 Å². The van der Waals surface area contributed by atoms with E-state index >= 15 is 0 Å². The molecule has 0 spiro atoms. The lowest BCUT2D eigenvalue weighted by Gasteiger charge is -2.16. The molecule has 0 unspecified atom stereocenters. The number of nitrogens with zero attached hydrogens (tertiary/aromatic N) is 1. The number of anilines is 1. The van der Waals surface area contributed by atoms with Crippen LogP contribution in [0.4, 0.5) is 5.82 Å². The summed E-state index contributed by atoms with van der Waals surface area (Å²) in [5.41, 5.74) is 8.28. The van der Waals surface area contributed by atoms with E-state index in [4.69, 9.17) is 24.9 Å². The van der Waals surface area contributed by atoms with E-state index in [0.717, 1.165) is 45.3 Å². The maximum atomic E-state index is 13.5. The summed E-state index contributed by atoms with van der Waals surface area (Å²) in [6, 6.07) is 11.7. The van der Waals surface area contributed by atoms with Gasteiger partial charge in [0.25, 0.3) is 5.56 Å². The predicted molar refractivity (Wildman–Crippen MR) is 157 cm³/mol. The molecule has 1 aliphatic carbocycles. The molecule has 1 saturated carbocycles. The monoisotopic (exact) mass is 544 g/mol. The quantitative estimate of drug-likeness (QED) is 0.208. The van der Waals surface area contributed by atoms with Gasteiger partial charge in [0, 0.05) is 41.4 Å². The Bertz CT molecular complexity index is 1610. The number of amides is 1. The van der Waals surface area contributed by atoms with Crippen LogP contribution in [0.15, 0.2) is 41.2 Å². The van der Waals surface area contributed by atoms with Crippen LogP contribution in [-0.4, -0.2) is 43.2 Å². The Morgan fingerprint density at radius 2 is 1.85 bits per heavy atom. The largest absolute Gasteiger partial charge is 0.493 e. The minimum Gasteiger partial charge on any atom is -0.493 e. The van der Waals surface area contributed by atoms with E-state index in [0.29, 0.717) is 54.6 Å². The minimum atomic E-state index is -0.342. The first-order valence-electron chi connectivity index (χ1n) is 13.8. The summed E-state index contributed by atoms with van der Waals surface area (Å²) in [5, 5.41) is 6.01. The highest BCUT2D eigenvalue weighted by molar-refractivity contribution is 5.91. The molecule has 2 heterocycles. The molecule has 2 aromatic carbocycles. The molecule has 1 aliphatic rings. The Labute approximate surface area is 233 Å². The highest BCUT2D eigenvalue weighted by Crippen LogP contribution is 2.36.